The van der Waals surface area contributed by atoms with Gasteiger partial charge in [0.2, 0.25) is 0 Å². The molecule has 0 aromatic rings. The Labute approximate surface area is 100 Å². The summed E-state index contributed by atoms with van der Waals surface area (Å²) in [6.45, 7) is 14.6. The normalized spacial score (nSPS) is 39.6. The number of ether oxygens (including phenoxy) is 1. The molecule has 0 aromatic heterocycles. The van der Waals surface area contributed by atoms with E-state index in [-0.39, 0.29) is 11.2 Å². The van der Waals surface area contributed by atoms with E-state index >= 15 is 0 Å². The summed E-state index contributed by atoms with van der Waals surface area (Å²) in [6.07, 6.45) is 2.56. The standard InChI is InChI=1S/C14H27NO/c1-10(2)15-8-11-7-14(11)9-12(3,4)16-13(14,5)6/h10-11,15H,7-9H2,1-6H3. The van der Waals surface area contributed by atoms with Crippen molar-refractivity contribution < 1.29 is 4.74 Å². The van der Waals surface area contributed by atoms with E-state index in [4.69, 9.17) is 4.74 Å². The van der Waals surface area contributed by atoms with Crippen molar-refractivity contribution in [2.45, 2.75) is 71.6 Å². The van der Waals surface area contributed by atoms with Crippen molar-refractivity contribution in [3.63, 3.8) is 0 Å². The zero-order chi connectivity index (χ0) is 12.2. The minimum Gasteiger partial charge on any atom is -0.369 e. The molecule has 1 saturated carbocycles. The summed E-state index contributed by atoms with van der Waals surface area (Å²) >= 11 is 0. The van der Waals surface area contributed by atoms with Crippen LogP contribution in [0.5, 0.6) is 0 Å². The van der Waals surface area contributed by atoms with Crippen LogP contribution < -0.4 is 5.32 Å². The molecule has 2 heteroatoms. The van der Waals surface area contributed by atoms with Crippen LogP contribution in [0.1, 0.15) is 54.4 Å². The van der Waals surface area contributed by atoms with Crippen molar-refractivity contribution in [3.8, 4) is 0 Å². The smallest absolute Gasteiger partial charge is 0.0694 e. The fourth-order valence-electron chi connectivity index (χ4n) is 3.78. The molecule has 0 aromatic carbocycles. The summed E-state index contributed by atoms with van der Waals surface area (Å²) in [5.74, 6) is 0.812. The van der Waals surface area contributed by atoms with Gasteiger partial charge >= 0.3 is 0 Å². The number of hydrogen-bond acceptors (Lipinski definition) is 2. The Morgan fingerprint density at radius 1 is 1.25 bits per heavy atom. The molecular formula is C14H27NO. The fourth-order valence-corrected chi connectivity index (χ4v) is 3.78. The maximum atomic E-state index is 6.22. The lowest BCUT2D eigenvalue weighted by molar-refractivity contribution is -0.0799. The molecule has 2 rings (SSSR count). The quantitative estimate of drug-likeness (QED) is 0.797. The Balaban J connectivity index is 2.01. The van der Waals surface area contributed by atoms with Crippen molar-refractivity contribution >= 4 is 0 Å². The van der Waals surface area contributed by atoms with Crippen LogP contribution in [0.15, 0.2) is 0 Å². The van der Waals surface area contributed by atoms with Crippen LogP contribution in [0.3, 0.4) is 0 Å². The molecule has 2 atom stereocenters. The predicted octanol–water partition coefficient (Wildman–Crippen LogP) is 2.97. The highest BCUT2D eigenvalue weighted by molar-refractivity contribution is 5.18. The second-order valence-corrected chi connectivity index (χ2v) is 7.17. The lowest BCUT2D eigenvalue weighted by atomic mass is 9.82. The van der Waals surface area contributed by atoms with E-state index < -0.39 is 0 Å². The van der Waals surface area contributed by atoms with Gasteiger partial charge in [0.05, 0.1) is 11.2 Å². The van der Waals surface area contributed by atoms with E-state index in [0.29, 0.717) is 11.5 Å². The molecule has 16 heavy (non-hydrogen) atoms. The number of nitrogens with one attached hydrogen (secondary N) is 1. The number of rotatable bonds is 3. The van der Waals surface area contributed by atoms with Gasteiger partial charge in [-0.2, -0.15) is 0 Å². The van der Waals surface area contributed by atoms with Gasteiger partial charge in [-0.05, 0) is 53.0 Å². The molecule has 1 saturated heterocycles. The molecule has 1 spiro atoms. The molecule has 1 aliphatic heterocycles. The van der Waals surface area contributed by atoms with Gasteiger partial charge in [-0.25, -0.2) is 0 Å². The summed E-state index contributed by atoms with van der Waals surface area (Å²) in [5.41, 5.74) is 0.564. The Kier molecular flexibility index (Phi) is 2.67. The van der Waals surface area contributed by atoms with Crippen LogP contribution in [0.25, 0.3) is 0 Å². The first-order chi connectivity index (χ1) is 7.19. The highest BCUT2D eigenvalue weighted by atomic mass is 16.5. The third-order valence-corrected chi connectivity index (χ3v) is 4.48. The van der Waals surface area contributed by atoms with E-state index in [0.717, 1.165) is 12.5 Å². The van der Waals surface area contributed by atoms with E-state index in [2.05, 4.69) is 46.9 Å². The topological polar surface area (TPSA) is 21.3 Å². The number of hydrogen-bond donors (Lipinski definition) is 1. The molecular weight excluding hydrogens is 198 g/mol. The molecule has 94 valence electrons. The fraction of sp³-hybridized carbons (Fsp3) is 1.00. The molecule has 0 amide bonds. The Bertz CT molecular complexity index is 282. The minimum atomic E-state index is 0.0554. The Morgan fingerprint density at radius 3 is 2.31 bits per heavy atom. The highest BCUT2D eigenvalue weighted by Crippen LogP contribution is 2.69. The Hall–Kier alpha value is -0.0800. The van der Waals surface area contributed by atoms with Crippen LogP contribution in [0, 0.1) is 11.3 Å². The first-order valence-electron chi connectivity index (χ1n) is 6.62. The molecule has 0 radical (unpaired) electrons. The molecule has 1 N–H and O–H groups in total. The maximum absolute atomic E-state index is 6.22. The molecule has 1 heterocycles. The summed E-state index contributed by atoms with van der Waals surface area (Å²) in [4.78, 5) is 0. The van der Waals surface area contributed by atoms with E-state index in [1.807, 2.05) is 0 Å². The van der Waals surface area contributed by atoms with E-state index in [9.17, 15) is 0 Å². The SMILES string of the molecule is CC(C)NCC1CC12CC(C)(C)OC2(C)C. The molecule has 2 nitrogen and oxygen atoms in total. The van der Waals surface area contributed by atoms with Crippen LogP contribution in [0.4, 0.5) is 0 Å². The average molecular weight is 225 g/mol. The average Bonchev–Trinajstić information content (AvgIpc) is 2.68. The van der Waals surface area contributed by atoms with Crippen molar-refractivity contribution in [3.05, 3.63) is 0 Å². The zero-order valence-corrected chi connectivity index (χ0v) is 11.7. The maximum Gasteiger partial charge on any atom is 0.0694 e. The Morgan fingerprint density at radius 2 is 1.88 bits per heavy atom. The third kappa shape index (κ3) is 1.91. The van der Waals surface area contributed by atoms with Crippen molar-refractivity contribution in [2.24, 2.45) is 11.3 Å². The molecule has 2 aliphatic rings. The monoisotopic (exact) mass is 225 g/mol. The molecule has 2 unspecified atom stereocenters. The summed E-state index contributed by atoms with van der Waals surface area (Å²) in [5, 5.41) is 3.57. The van der Waals surface area contributed by atoms with Crippen LogP contribution in [-0.4, -0.2) is 23.8 Å². The van der Waals surface area contributed by atoms with Crippen LogP contribution >= 0.6 is 0 Å². The van der Waals surface area contributed by atoms with Crippen molar-refractivity contribution in [1.29, 1.82) is 0 Å². The van der Waals surface area contributed by atoms with Gasteiger partial charge in [0.15, 0.2) is 0 Å². The lowest BCUT2D eigenvalue weighted by Crippen LogP contribution is -2.34. The van der Waals surface area contributed by atoms with Gasteiger partial charge < -0.3 is 10.1 Å². The van der Waals surface area contributed by atoms with E-state index in [1.54, 1.807) is 0 Å². The first kappa shape index (κ1) is 12.4. The lowest BCUT2D eigenvalue weighted by Gasteiger charge is -2.28. The van der Waals surface area contributed by atoms with Gasteiger partial charge in [0, 0.05) is 11.5 Å². The van der Waals surface area contributed by atoms with Crippen molar-refractivity contribution in [1.82, 2.24) is 5.32 Å². The summed E-state index contributed by atoms with van der Waals surface area (Å²) in [6, 6.07) is 0.594. The van der Waals surface area contributed by atoms with E-state index in [1.165, 1.54) is 12.8 Å². The van der Waals surface area contributed by atoms with Gasteiger partial charge in [-0.3, -0.25) is 0 Å². The zero-order valence-electron chi connectivity index (χ0n) is 11.7. The van der Waals surface area contributed by atoms with Crippen molar-refractivity contribution in [2.75, 3.05) is 6.54 Å². The highest BCUT2D eigenvalue weighted by Gasteiger charge is 2.69. The minimum absolute atomic E-state index is 0.0554. The van der Waals surface area contributed by atoms with Gasteiger partial charge in [0.25, 0.3) is 0 Å². The second-order valence-electron chi connectivity index (χ2n) is 7.17. The predicted molar refractivity (Wildman–Crippen MR) is 67.5 cm³/mol. The van der Waals surface area contributed by atoms with Gasteiger partial charge in [-0.15, -0.1) is 0 Å². The largest absolute Gasteiger partial charge is 0.369 e. The second kappa shape index (κ2) is 3.46. The summed E-state index contributed by atoms with van der Waals surface area (Å²) in [7, 11) is 0. The van der Waals surface area contributed by atoms with Gasteiger partial charge in [-0.1, -0.05) is 13.8 Å². The van der Waals surface area contributed by atoms with Crippen LogP contribution in [-0.2, 0) is 4.74 Å². The molecule has 1 aliphatic carbocycles. The molecule has 2 fully saturated rings. The summed E-state index contributed by atoms with van der Waals surface area (Å²) < 4.78 is 6.22. The first-order valence-corrected chi connectivity index (χ1v) is 6.62. The van der Waals surface area contributed by atoms with Gasteiger partial charge in [0.1, 0.15) is 0 Å². The third-order valence-electron chi connectivity index (χ3n) is 4.48. The molecule has 0 bridgehead atoms. The van der Waals surface area contributed by atoms with Crippen LogP contribution in [0.2, 0.25) is 0 Å².